The molecular weight excluding hydrogens is 745 g/mol. The fraction of sp³-hybridized carbons (Fsp3) is 0.550. The van der Waals surface area contributed by atoms with E-state index in [-0.39, 0.29) is 53.8 Å². The normalized spacial score (nSPS) is 16.4. The summed E-state index contributed by atoms with van der Waals surface area (Å²) in [6.45, 7) is 0.599. The number of carboxylic acid groups (broad SMARTS) is 1. The van der Waals surface area contributed by atoms with E-state index in [1.54, 1.807) is 7.11 Å². The summed E-state index contributed by atoms with van der Waals surface area (Å²) in [5.74, 6) is -2.97. The molecule has 2 aromatic rings. The third-order valence-corrected chi connectivity index (χ3v) is 10.4. The lowest BCUT2D eigenvalue weighted by Crippen LogP contribution is -2.57. The number of ether oxygens (including phenoxy) is 1. The van der Waals surface area contributed by atoms with Crippen molar-refractivity contribution in [3.8, 4) is 5.75 Å². The average Bonchev–Trinajstić information content (AvgIpc) is 3.19. The largest absolute Gasteiger partial charge is 0.497 e. The Labute approximate surface area is 331 Å². The first-order valence-electron chi connectivity index (χ1n) is 19.4. The van der Waals surface area contributed by atoms with Crippen LogP contribution in [-0.4, -0.2) is 72.5 Å². The highest BCUT2D eigenvalue weighted by atomic mass is 19.4. The highest BCUT2D eigenvalue weighted by Gasteiger charge is 2.39. The number of carboxylic acids is 1. The molecule has 2 fully saturated rings. The number of nitrogen functional groups attached to an aromatic ring is 1. The van der Waals surface area contributed by atoms with Gasteiger partial charge in [0.05, 0.1) is 7.11 Å². The highest BCUT2D eigenvalue weighted by molar-refractivity contribution is 5.95. The number of benzene rings is 2. The summed E-state index contributed by atoms with van der Waals surface area (Å²) in [6.07, 6.45) is 6.25. The zero-order valence-corrected chi connectivity index (χ0v) is 32.4. The lowest BCUT2D eigenvalue weighted by Gasteiger charge is -2.34. The van der Waals surface area contributed by atoms with E-state index in [0.29, 0.717) is 31.4 Å². The number of hydrogen-bond acceptors (Lipinski definition) is 7. The quantitative estimate of drug-likeness (QED) is 0.0646. The van der Waals surface area contributed by atoms with Gasteiger partial charge in [-0.3, -0.25) is 24.8 Å². The molecule has 2 aromatic carbocycles. The Kier molecular flexibility index (Phi) is 18.6. The molecule has 57 heavy (non-hydrogen) atoms. The minimum absolute atomic E-state index is 0.00316. The van der Waals surface area contributed by atoms with Crippen LogP contribution in [0.15, 0.2) is 53.5 Å². The van der Waals surface area contributed by atoms with Gasteiger partial charge in [0.25, 0.3) is 0 Å². The molecule has 0 heterocycles. The zero-order chi connectivity index (χ0) is 42.0. The first-order valence-corrected chi connectivity index (χ1v) is 19.4. The second-order valence-electron chi connectivity index (χ2n) is 14.6. The van der Waals surface area contributed by atoms with E-state index < -0.39 is 24.2 Å². The maximum Gasteiger partial charge on any atom is 0.490 e. The number of aliphatic imine (C=N–C) groups is 1. The predicted molar refractivity (Wildman–Crippen MR) is 210 cm³/mol. The molecule has 14 nitrogen and oxygen atoms in total. The number of amides is 3. The third-order valence-electron chi connectivity index (χ3n) is 10.4. The van der Waals surface area contributed by atoms with E-state index in [0.717, 1.165) is 81.1 Å². The van der Waals surface area contributed by atoms with Crippen molar-refractivity contribution in [3.05, 3.63) is 65.2 Å². The first-order chi connectivity index (χ1) is 27.1. The Bertz CT molecular complexity index is 1640. The van der Waals surface area contributed by atoms with Crippen LogP contribution in [0.4, 0.5) is 13.2 Å². The number of halogens is 3. The van der Waals surface area contributed by atoms with Crippen molar-refractivity contribution in [1.82, 2.24) is 16.0 Å². The number of carbonyl (C=O) groups excluding carboxylic acids is 3. The zero-order valence-electron chi connectivity index (χ0n) is 32.4. The summed E-state index contributed by atoms with van der Waals surface area (Å²) >= 11 is 0. The molecule has 0 spiro atoms. The number of amidine groups is 1. The molecule has 2 saturated carbocycles. The van der Waals surface area contributed by atoms with Gasteiger partial charge in [-0.1, -0.05) is 74.9 Å². The van der Waals surface area contributed by atoms with Gasteiger partial charge in [0.1, 0.15) is 23.7 Å². The number of alkyl halides is 3. The van der Waals surface area contributed by atoms with E-state index in [1.807, 2.05) is 48.5 Å². The molecule has 0 saturated heterocycles. The molecule has 0 aromatic heterocycles. The van der Waals surface area contributed by atoms with Crippen LogP contribution in [-0.2, 0) is 32.1 Å². The van der Waals surface area contributed by atoms with Gasteiger partial charge in [-0.2, -0.15) is 13.2 Å². The summed E-state index contributed by atoms with van der Waals surface area (Å²) < 4.78 is 37.0. The molecule has 3 amide bonds. The van der Waals surface area contributed by atoms with Crippen LogP contribution < -0.4 is 37.9 Å². The van der Waals surface area contributed by atoms with Gasteiger partial charge in [-0.05, 0) is 80.0 Å². The van der Waals surface area contributed by atoms with Crippen LogP contribution in [0.2, 0.25) is 0 Å². The van der Waals surface area contributed by atoms with Crippen molar-refractivity contribution in [3.63, 3.8) is 0 Å². The van der Waals surface area contributed by atoms with Crippen LogP contribution in [0.5, 0.6) is 5.75 Å². The highest BCUT2D eigenvalue weighted by Crippen LogP contribution is 2.33. The van der Waals surface area contributed by atoms with Gasteiger partial charge in [0.15, 0.2) is 5.96 Å². The van der Waals surface area contributed by atoms with Crippen LogP contribution in [0.1, 0.15) is 93.7 Å². The number of guanidine groups is 1. The van der Waals surface area contributed by atoms with Crippen LogP contribution in [0.25, 0.3) is 0 Å². The fourth-order valence-corrected chi connectivity index (χ4v) is 7.30. The summed E-state index contributed by atoms with van der Waals surface area (Å²) in [6, 6.07) is 13.3. The Hall–Kier alpha value is -5.35. The van der Waals surface area contributed by atoms with Crippen molar-refractivity contribution in [2.24, 2.45) is 39.9 Å². The molecule has 3 atom stereocenters. The Balaban J connectivity index is 0.00000113. The summed E-state index contributed by atoms with van der Waals surface area (Å²) in [7, 11) is 1.60. The van der Waals surface area contributed by atoms with E-state index >= 15 is 0 Å². The molecule has 11 N–H and O–H groups in total. The van der Waals surface area contributed by atoms with Crippen LogP contribution in [0.3, 0.4) is 0 Å². The van der Waals surface area contributed by atoms with E-state index in [1.165, 1.54) is 0 Å². The summed E-state index contributed by atoms with van der Waals surface area (Å²) in [5, 5.41) is 24.1. The van der Waals surface area contributed by atoms with Crippen LogP contribution in [0, 0.1) is 23.2 Å². The Morgan fingerprint density at radius 3 is 1.88 bits per heavy atom. The number of aliphatic carboxylic acids is 1. The van der Waals surface area contributed by atoms with Gasteiger partial charge < -0.3 is 43.0 Å². The minimum atomic E-state index is -5.08. The van der Waals surface area contributed by atoms with Gasteiger partial charge in [-0.15, -0.1) is 0 Å². The van der Waals surface area contributed by atoms with Crippen molar-refractivity contribution in [2.75, 3.05) is 13.7 Å². The Morgan fingerprint density at radius 2 is 1.37 bits per heavy atom. The van der Waals surface area contributed by atoms with Gasteiger partial charge in [0.2, 0.25) is 17.7 Å². The lowest BCUT2D eigenvalue weighted by atomic mass is 9.76. The van der Waals surface area contributed by atoms with E-state index in [2.05, 4.69) is 20.9 Å². The van der Waals surface area contributed by atoms with Crippen molar-refractivity contribution < 1.29 is 42.2 Å². The summed E-state index contributed by atoms with van der Waals surface area (Å²) in [4.78, 5) is 55.0. The molecule has 3 unspecified atom stereocenters. The maximum atomic E-state index is 14.3. The molecule has 2 aliphatic rings. The van der Waals surface area contributed by atoms with Gasteiger partial charge in [0, 0.05) is 24.6 Å². The smallest absolute Gasteiger partial charge is 0.490 e. The molecule has 2 aliphatic carbocycles. The number of nitrogens with one attached hydrogen (secondary N) is 4. The van der Waals surface area contributed by atoms with Crippen molar-refractivity contribution in [1.29, 1.82) is 5.41 Å². The van der Waals surface area contributed by atoms with Crippen LogP contribution >= 0.6 is 0 Å². The predicted octanol–water partition coefficient (Wildman–Crippen LogP) is 4.27. The van der Waals surface area contributed by atoms with Gasteiger partial charge >= 0.3 is 12.1 Å². The maximum absolute atomic E-state index is 14.3. The van der Waals surface area contributed by atoms with Gasteiger partial charge in [-0.25, -0.2) is 4.79 Å². The minimum Gasteiger partial charge on any atom is -0.497 e. The number of nitrogens with zero attached hydrogens (tertiary/aromatic N) is 1. The van der Waals surface area contributed by atoms with Crippen molar-refractivity contribution >= 4 is 35.5 Å². The third kappa shape index (κ3) is 16.0. The molecule has 314 valence electrons. The Morgan fingerprint density at radius 1 is 0.825 bits per heavy atom. The molecule has 0 radical (unpaired) electrons. The topological polar surface area (TPSA) is 248 Å². The van der Waals surface area contributed by atoms with Crippen molar-refractivity contribution in [2.45, 2.75) is 108 Å². The molecule has 0 aliphatic heterocycles. The van der Waals surface area contributed by atoms with E-state index in [9.17, 15) is 27.6 Å². The number of rotatable bonds is 17. The number of carbonyl (C=O) groups is 4. The monoisotopic (exact) mass is 802 g/mol. The molecular formula is C40H57F3N8O6. The fourth-order valence-electron chi connectivity index (χ4n) is 7.30. The lowest BCUT2D eigenvalue weighted by molar-refractivity contribution is -0.192. The second kappa shape index (κ2) is 23.0. The first kappa shape index (κ1) is 46.0. The number of methoxy groups -OCH3 is 1. The second-order valence-corrected chi connectivity index (χ2v) is 14.6. The molecule has 0 bridgehead atoms. The molecule has 4 rings (SSSR count). The standard InChI is InChI=1S/C38H56N8O4.C2HF3O2/c1-50-30-20-16-26(17-21-30)24-44-36(48)32(13-8-22-43-38(41)42)45-37(49)33(28-11-6-3-7-12-28)46-35(47)31(27-9-4-2-5-10-27)23-25-14-18-29(19-15-25)34(39)40;3-2(4,5)1(6)7/h14-21,27-28,31-33H,2-13,22-24H2,1H3,(H3,39,40)(H,44,48)(H,45,49)(H,46,47)(H4,41,42,43);(H,6,7). The van der Waals surface area contributed by atoms with E-state index in [4.69, 9.17) is 37.2 Å². The SMILES string of the molecule is COc1ccc(CNC(=O)C(CCCN=C(N)N)NC(=O)C(NC(=O)C(Cc2ccc(C(=N)N)cc2)C2CCCCC2)C2CCCCC2)cc1.O=C(O)C(F)(F)F. The number of nitrogens with two attached hydrogens (primary N) is 3. The number of hydrogen-bond donors (Lipinski definition) is 8. The summed E-state index contributed by atoms with van der Waals surface area (Å²) in [5.41, 5.74) is 19.2. The average molecular weight is 803 g/mol. The molecule has 17 heteroatoms.